The van der Waals surface area contributed by atoms with Gasteiger partial charge in [-0.25, -0.2) is 9.59 Å². The topological polar surface area (TPSA) is 69.7 Å². The molecule has 7 heteroatoms. The lowest BCUT2D eigenvalue weighted by molar-refractivity contribution is -0.164. The predicted octanol–water partition coefficient (Wildman–Crippen LogP) is 2.24. The highest BCUT2D eigenvalue weighted by molar-refractivity contribution is 6.14. The SMILES string of the molecule is CCOC(=O)c1ccc(C(=O)C(F)(F)C(=O)OCC)cc1. The predicted molar refractivity (Wildman–Crippen MR) is 68.3 cm³/mol. The quantitative estimate of drug-likeness (QED) is 0.458. The highest BCUT2D eigenvalue weighted by atomic mass is 19.3. The van der Waals surface area contributed by atoms with Gasteiger partial charge in [0.25, 0.3) is 0 Å². The number of alkyl halides is 2. The Bertz CT molecular complexity index is 537. The summed E-state index contributed by atoms with van der Waals surface area (Å²) >= 11 is 0. The minimum absolute atomic E-state index is 0.118. The molecule has 5 nitrogen and oxygen atoms in total. The van der Waals surface area contributed by atoms with Gasteiger partial charge >= 0.3 is 17.9 Å². The van der Waals surface area contributed by atoms with Crippen molar-refractivity contribution in [1.29, 1.82) is 0 Å². The summed E-state index contributed by atoms with van der Waals surface area (Å²) < 4.78 is 36.0. The molecular weight excluding hydrogens is 286 g/mol. The molecule has 0 aliphatic rings. The van der Waals surface area contributed by atoms with Gasteiger partial charge in [-0.1, -0.05) is 12.1 Å². The Balaban J connectivity index is 2.93. The van der Waals surface area contributed by atoms with Crippen LogP contribution in [0.15, 0.2) is 24.3 Å². The fraction of sp³-hybridized carbons (Fsp3) is 0.357. The molecule has 21 heavy (non-hydrogen) atoms. The number of halogens is 2. The molecule has 1 aromatic rings. The maximum Gasteiger partial charge on any atom is 0.404 e. The lowest BCUT2D eigenvalue weighted by Gasteiger charge is -2.13. The first-order valence-electron chi connectivity index (χ1n) is 6.21. The fourth-order valence-electron chi connectivity index (χ4n) is 1.47. The third-order valence-corrected chi connectivity index (χ3v) is 2.48. The van der Waals surface area contributed by atoms with Gasteiger partial charge in [0, 0.05) is 5.56 Å². The highest BCUT2D eigenvalue weighted by Crippen LogP contribution is 2.22. The standard InChI is InChI=1S/C14H14F2O5/c1-3-20-12(18)10-7-5-9(6-8-10)11(17)14(15,16)13(19)21-4-2/h5-8H,3-4H2,1-2H3. The summed E-state index contributed by atoms with van der Waals surface area (Å²) in [6.45, 7) is 2.88. The monoisotopic (exact) mass is 300 g/mol. The van der Waals surface area contributed by atoms with Crippen molar-refractivity contribution in [2.75, 3.05) is 13.2 Å². The maximum absolute atomic E-state index is 13.5. The van der Waals surface area contributed by atoms with Crippen LogP contribution in [-0.2, 0) is 14.3 Å². The summed E-state index contributed by atoms with van der Waals surface area (Å²) in [5, 5.41) is 0. The second kappa shape index (κ2) is 6.92. The van der Waals surface area contributed by atoms with E-state index >= 15 is 0 Å². The number of benzene rings is 1. The largest absolute Gasteiger partial charge is 0.462 e. The van der Waals surface area contributed by atoms with Crippen LogP contribution in [0.25, 0.3) is 0 Å². The number of rotatable bonds is 6. The van der Waals surface area contributed by atoms with Gasteiger partial charge in [-0.3, -0.25) is 4.79 Å². The second-order valence-corrected chi connectivity index (χ2v) is 3.92. The molecule has 0 amide bonds. The molecule has 0 radical (unpaired) electrons. The van der Waals surface area contributed by atoms with Crippen molar-refractivity contribution in [1.82, 2.24) is 0 Å². The van der Waals surface area contributed by atoms with Crippen LogP contribution in [-0.4, -0.2) is 36.9 Å². The van der Waals surface area contributed by atoms with E-state index in [9.17, 15) is 23.2 Å². The number of carbonyl (C=O) groups is 3. The molecule has 0 fully saturated rings. The lowest BCUT2D eigenvalue weighted by atomic mass is 10.0. The minimum Gasteiger partial charge on any atom is -0.462 e. The molecule has 1 aromatic carbocycles. The van der Waals surface area contributed by atoms with E-state index in [1.54, 1.807) is 6.92 Å². The van der Waals surface area contributed by atoms with E-state index in [1.165, 1.54) is 19.1 Å². The molecule has 0 spiro atoms. The third kappa shape index (κ3) is 3.84. The van der Waals surface area contributed by atoms with E-state index in [2.05, 4.69) is 4.74 Å². The van der Waals surface area contributed by atoms with Crippen LogP contribution in [0.2, 0.25) is 0 Å². The molecule has 0 aliphatic heterocycles. The summed E-state index contributed by atoms with van der Waals surface area (Å²) in [6.07, 6.45) is 0. The number of ketones is 1. The summed E-state index contributed by atoms with van der Waals surface area (Å²) in [5.74, 6) is -8.48. The third-order valence-electron chi connectivity index (χ3n) is 2.48. The molecule has 114 valence electrons. The smallest absolute Gasteiger partial charge is 0.404 e. The van der Waals surface area contributed by atoms with Crippen molar-refractivity contribution in [3.63, 3.8) is 0 Å². The zero-order chi connectivity index (χ0) is 16.0. The van der Waals surface area contributed by atoms with Gasteiger partial charge < -0.3 is 9.47 Å². The van der Waals surface area contributed by atoms with E-state index in [0.717, 1.165) is 12.1 Å². The Kier molecular flexibility index (Phi) is 5.52. The van der Waals surface area contributed by atoms with Crippen LogP contribution in [0.1, 0.15) is 34.6 Å². The molecule has 0 unspecified atom stereocenters. The Morgan fingerprint density at radius 3 is 1.90 bits per heavy atom. The first-order valence-corrected chi connectivity index (χ1v) is 6.21. The molecule has 0 bridgehead atoms. The molecule has 0 aliphatic carbocycles. The van der Waals surface area contributed by atoms with E-state index < -0.39 is 29.2 Å². The molecular formula is C14H14F2O5. The number of hydrogen-bond acceptors (Lipinski definition) is 5. The highest BCUT2D eigenvalue weighted by Gasteiger charge is 2.49. The van der Waals surface area contributed by atoms with Crippen LogP contribution in [0.5, 0.6) is 0 Å². The summed E-state index contributed by atoms with van der Waals surface area (Å²) in [6, 6.07) is 4.41. The summed E-state index contributed by atoms with van der Waals surface area (Å²) in [4.78, 5) is 34.1. The van der Waals surface area contributed by atoms with E-state index in [1.807, 2.05) is 0 Å². The second-order valence-electron chi connectivity index (χ2n) is 3.92. The maximum atomic E-state index is 13.5. The van der Waals surface area contributed by atoms with Gasteiger partial charge in [0.2, 0.25) is 5.78 Å². The molecule has 1 rings (SSSR count). The molecule has 0 heterocycles. The number of ether oxygens (including phenoxy) is 2. The van der Waals surface area contributed by atoms with Gasteiger partial charge in [-0.05, 0) is 26.0 Å². The summed E-state index contributed by atoms with van der Waals surface area (Å²) in [7, 11) is 0. The molecule has 0 saturated carbocycles. The van der Waals surface area contributed by atoms with Crippen molar-refractivity contribution in [3.8, 4) is 0 Å². The Hall–Kier alpha value is -2.31. The van der Waals surface area contributed by atoms with Crippen LogP contribution in [0, 0.1) is 0 Å². The summed E-state index contributed by atoms with van der Waals surface area (Å²) in [5.41, 5.74) is -0.283. The Morgan fingerprint density at radius 2 is 1.43 bits per heavy atom. The van der Waals surface area contributed by atoms with Gasteiger partial charge in [0.15, 0.2) is 0 Å². The first kappa shape index (κ1) is 16.7. The zero-order valence-corrected chi connectivity index (χ0v) is 11.5. The number of esters is 2. The van der Waals surface area contributed by atoms with Crippen LogP contribution >= 0.6 is 0 Å². The number of carbonyl (C=O) groups excluding carboxylic acids is 3. The zero-order valence-electron chi connectivity index (χ0n) is 11.5. The fourth-order valence-corrected chi connectivity index (χ4v) is 1.47. The Morgan fingerprint density at radius 1 is 0.952 bits per heavy atom. The van der Waals surface area contributed by atoms with Crippen LogP contribution in [0.3, 0.4) is 0 Å². The van der Waals surface area contributed by atoms with Crippen molar-refractivity contribution in [2.24, 2.45) is 0 Å². The average Bonchev–Trinajstić information content (AvgIpc) is 2.47. The lowest BCUT2D eigenvalue weighted by Crippen LogP contribution is -2.39. The van der Waals surface area contributed by atoms with Gasteiger partial charge in [-0.15, -0.1) is 0 Å². The average molecular weight is 300 g/mol. The van der Waals surface area contributed by atoms with E-state index in [-0.39, 0.29) is 18.8 Å². The Labute approximate surface area is 119 Å². The van der Waals surface area contributed by atoms with E-state index in [0.29, 0.717) is 0 Å². The van der Waals surface area contributed by atoms with Gasteiger partial charge in [-0.2, -0.15) is 8.78 Å². The minimum atomic E-state index is -4.26. The molecule has 0 aromatic heterocycles. The van der Waals surface area contributed by atoms with Crippen LogP contribution < -0.4 is 0 Å². The van der Waals surface area contributed by atoms with Crippen molar-refractivity contribution >= 4 is 17.7 Å². The molecule has 0 saturated heterocycles. The molecule has 0 atom stereocenters. The van der Waals surface area contributed by atoms with Gasteiger partial charge in [0.1, 0.15) is 0 Å². The first-order chi connectivity index (χ1) is 9.84. The number of Topliss-reactive ketones (excluding diaryl/α,β-unsaturated/α-hetero) is 1. The normalized spacial score (nSPS) is 10.9. The van der Waals surface area contributed by atoms with Crippen molar-refractivity contribution in [2.45, 2.75) is 19.8 Å². The van der Waals surface area contributed by atoms with Crippen LogP contribution in [0.4, 0.5) is 8.78 Å². The van der Waals surface area contributed by atoms with Crippen molar-refractivity contribution in [3.05, 3.63) is 35.4 Å². The molecule has 0 N–H and O–H groups in total. The number of hydrogen-bond donors (Lipinski definition) is 0. The van der Waals surface area contributed by atoms with E-state index in [4.69, 9.17) is 4.74 Å². The van der Waals surface area contributed by atoms with Crippen molar-refractivity contribution < 1.29 is 32.6 Å². The van der Waals surface area contributed by atoms with Gasteiger partial charge in [0.05, 0.1) is 18.8 Å².